The zero-order chi connectivity index (χ0) is 47.2. The van der Waals surface area contributed by atoms with Crippen molar-refractivity contribution in [1.82, 2.24) is 31.2 Å². The number of rotatable bonds is 17. The van der Waals surface area contributed by atoms with Crippen LogP contribution in [0.4, 0.5) is 0 Å². The molecule has 17 heteroatoms. The monoisotopic (exact) mass is 888 g/mol. The number of ether oxygens (including phenoxy) is 2. The zero-order valence-corrected chi connectivity index (χ0v) is 37.6. The highest BCUT2D eigenvalue weighted by molar-refractivity contribution is 6.00. The molecule has 2 heterocycles. The lowest BCUT2D eigenvalue weighted by atomic mass is 9.93. The van der Waals surface area contributed by atoms with Crippen LogP contribution in [0.2, 0.25) is 0 Å². The summed E-state index contributed by atoms with van der Waals surface area (Å²) in [7, 11) is 1.43. The van der Waals surface area contributed by atoms with Crippen LogP contribution in [-0.2, 0) is 32.0 Å². The fourth-order valence-electron chi connectivity index (χ4n) is 7.61. The highest BCUT2D eigenvalue weighted by Crippen LogP contribution is 2.40. The maximum absolute atomic E-state index is 14.6. The Labute approximate surface area is 379 Å². The third-order valence-electron chi connectivity index (χ3n) is 10.8. The molecule has 0 aliphatic carbocycles. The van der Waals surface area contributed by atoms with Gasteiger partial charge in [0.25, 0.3) is 5.91 Å². The average Bonchev–Trinajstić information content (AvgIpc) is 3.28. The van der Waals surface area contributed by atoms with E-state index in [2.05, 4.69) is 47.2 Å². The first-order chi connectivity index (χ1) is 31.2. The summed E-state index contributed by atoms with van der Waals surface area (Å²) in [6.07, 6.45) is 0.986. The molecular weight excluding hydrogens is 829 g/mol. The number of nitriles is 1. The van der Waals surface area contributed by atoms with E-state index < -0.39 is 53.7 Å². The molecule has 5 amide bonds. The quantitative estimate of drug-likeness (QED) is 0.0754. The summed E-state index contributed by atoms with van der Waals surface area (Å²) in [5.41, 5.74) is 23.1. The van der Waals surface area contributed by atoms with E-state index in [4.69, 9.17) is 36.9 Å². The van der Waals surface area contributed by atoms with Crippen molar-refractivity contribution in [3.63, 3.8) is 0 Å². The lowest BCUT2D eigenvalue weighted by molar-refractivity contribution is -0.141. The highest BCUT2D eigenvalue weighted by atomic mass is 16.5. The minimum Gasteiger partial charge on any atom is -0.492 e. The molecule has 0 fully saturated rings. The van der Waals surface area contributed by atoms with E-state index in [9.17, 15) is 24.0 Å². The summed E-state index contributed by atoms with van der Waals surface area (Å²) in [6.45, 7) is 7.90. The topological polar surface area (TPSA) is 270 Å². The van der Waals surface area contributed by atoms with Crippen LogP contribution in [0.3, 0.4) is 0 Å². The van der Waals surface area contributed by atoms with E-state index in [-0.39, 0.29) is 57.8 Å². The second-order valence-corrected chi connectivity index (χ2v) is 16.3. The van der Waals surface area contributed by atoms with Crippen LogP contribution >= 0.6 is 0 Å². The van der Waals surface area contributed by atoms with Crippen LogP contribution in [0.5, 0.6) is 11.5 Å². The van der Waals surface area contributed by atoms with Crippen LogP contribution in [0.25, 0.3) is 22.4 Å². The molecule has 344 valence electrons. The van der Waals surface area contributed by atoms with Crippen LogP contribution in [0.1, 0.15) is 66.0 Å². The molecular formula is C48H60N10O7. The van der Waals surface area contributed by atoms with Gasteiger partial charge in [-0.05, 0) is 92.2 Å². The van der Waals surface area contributed by atoms with E-state index in [0.29, 0.717) is 51.1 Å². The minimum absolute atomic E-state index is 0.00667. The normalized spacial score (nSPS) is 16.5. The molecule has 1 aromatic heterocycles. The predicted octanol–water partition coefficient (Wildman–Crippen LogP) is 2.43. The molecule has 4 bridgehead atoms. The van der Waals surface area contributed by atoms with Gasteiger partial charge in [-0.15, -0.1) is 0 Å². The van der Waals surface area contributed by atoms with Crippen molar-refractivity contribution in [2.75, 3.05) is 46.4 Å². The van der Waals surface area contributed by atoms with Crippen molar-refractivity contribution in [2.24, 2.45) is 23.1 Å². The molecule has 0 radical (unpaired) electrons. The molecule has 17 nitrogen and oxygen atoms in total. The van der Waals surface area contributed by atoms with Gasteiger partial charge in [0, 0.05) is 43.2 Å². The number of hydrogen-bond acceptors (Lipinski definition) is 12. The Hall–Kier alpha value is -6.87. The fourth-order valence-corrected chi connectivity index (χ4v) is 7.61. The number of amides is 5. The van der Waals surface area contributed by atoms with Crippen molar-refractivity contribution in [3.05, 3.63) is 101 Å². The zero-order valence-electron chi connectivity index (χ0n) is 37.6. The van der Waals surface area contributed by atoms with Crippen molar-refractivity contribution in [3.8, 4) is 40.0 Å². The van der Waals surface area contributed by atoms with E-state index in [0.717, 1.165) is 12.0 Å². The summed E-state index contributed by atoms with van der Waals surface area (Å²) in [6, 6.07) is 18.7. The second kappa shape index (κ2) is 23.2. The first-order valence-electron chi connectivity index (χ1n) is 21.7. The first kappa shape index (κ1) is 49.2. The van der Waals surface area contributed by atoms with Crippen molar-refractivity contribution < 1.29 is 33.4 Å². The summed E-state index contributed by atoms with van der Waals surface area (Å²) in [5.74, 6) is -1.95. The van der Waals surface area contributed by atoms with Gasteiger partial charge in [-0.1, -0.05) is 50.2 Å². The molecule has 4 atom stereocenters. The number of pyridine rings is 1. The largest absolute Gasteiger partial charge is 0.492 e. The number of nitrogens with two attached hydrogens (primary N) is 3. The molecule has 4 aromatic rings. The van der Waals surface area contributed by atoms with Crippen molar-refractivity contribution >= 4 is 29.5 Å². The van der Waals surface area contributed by atoms with Gasteiger partial charge in [-0.2, -0.15) is 5.26 Å². The van der Waals surface area contributed by atoms with Gasteiger partial charge in [0.1, 0.15) is 55.4 Å². The Bertz CT molecular complexity index is 2380. The summed E-state index contributed by atoms with van der Waals surface area (Å²) in [5, 5.41) is 19.9. The third-order valence-corrected chi connectivity index (χ3v) is 10.8. The number of carbonyl (C=O) groups excluding carboxylic acids is 5. The summed E-state index contributed by atoms with van der Waals surface area (Å²) < 4.78 is 12.2. The summed E-state index contributed by atoms with van der Waals surface area (Å²) >= 11 is 0. The average molecular weight is 889 g/mol. The standard InChI is InChI=1S/C48H60N10O7/c1-28(2)24-31-6-9-33(10-7-31)38-13-12-35(29(3)54-38)45(60)56-39(16-17-49)48(63)58(5)43-34-11-15-42(65-23-20-52)37(27-34)36-25-32(8-14-41(36)64-22-19-51)26-40(46(61)53-21-18-50)57-44(59)30(4)55-47(43)62/h6-15,25,27-28,30,39-40,43H,16-17,19-24,26,49,51-52H2,1-5H3,(H,53,61)(H,55,62)(H,56,60)(H,57,59)/t30-,39-,40-,43-/m0/s1. The Balaban J connectivity index is 1.55. The molecule has 0 spiro atoms. The molecule has 65 heavy (non-hydrogen) atoms. The van der Waals surface area contributed by atoms with E-state index in [1.165, 1.54) is 24.4 Å². The molecule has 1 aliphatic rings. The third kappa shape index (κ3) is 12.7. The van der Waals surface area contributed by atoms with Crippen molar-refractivity contribution in [2.45, 2.75) is 71.1 Å². The Kier molecular flexibility index (Phi) is 17.5. The van der Waals surface area contributed by atoms with Crippen LogP contribution in [-0.4, -0.2) is 104 Å². The summed E-state index contributed by atoms with van der Waals surface area (Å²) in [4.78, 5) is 76.1. The second-order valence-electron chi connectivity index (χ2n) is 16.3. The van der Waals surface area contributed by atoms with Crippen LogP contribution < -0.4 is 47.9 Å². The molecule has 3 aromatic carbocycles. The van der Waals surface area contributed by atoms with Gasteiger partial charge in [-0.3, -0.25) is 29.0 Å². The maximum atomic E-state index is 14.6. The molecule has 0 unspecified atom stereocenters. The van der Waals surface area contributed by atoms with Gasteiger partial charge in [0.2, 0.25) is 23.6 Å². The number of benzene rings is 3. The Morgan fingerprint density at radius 3 is 2.17 bits per heavy atom. The smallest absolute Gasteiger partial charge is 0.253 e. The molecule has 0 saturated heterocycles. The van der Waals surface area contributed by atoms with E-state index in [1.807, 2.05) is 18.2 Å². The van der Waals surface area contributed by atoms with Gasteiger partial charge >= 0.3 is 0 Å². The molecule has 5 rings (SSSR count). The van der Waals surface area contributed by atoms with Gasteiger partial charge in [0.05, 0.1) is 23.0 Å². The fraction of sp³-hybridized carbons (Fsp3) is 0.396. The van der Waals surface area contributed by atoms with Crippen LogP contribution in [0, 0.1) is 24.2 Å². The predicted molar refractivity (Wildman–Crippen MR) is 246 cm³/mol. The molecule has 1 aliphatic heterocycles. The van der Waals surface area contributed by atoms with Gasteiger partial charge in [0.15, 0.2) is 0 Å². The van der Waals surface area contributed by atoms with Crippen molar-refractivity contribution in [1.29, 1.82) is 5.26 Å². The maximum Gasteiger partial charge on any atom is 0.253 e. The number of fused-ring (bicyclic) bond motifs is 5. The molecule has 0 saturated carbocycles. The van der Waals surface area contributed by atoms with E-state index >= 15 is 0 Å². The lowest BCUT2D eigenvalue weighted by Gasteiger charge is -2.32. The van der Waals surface area contributed by atoms with Crippen LogP contribution in [0.15, 0.2) is 72.8 Å². The number of aromatic nitrogens is 1. The van der Waals surface area contributed by atoms with E-state index in [1.54, 1.807) is 55.5 Å². The minimum atomic E-state index is -1.39. The van der Waals surface area contributed by atoms with Gasteiger partial charge < -0.3 is 52.8 Å². The SMILES string of the molecule is Cc1nc(-c2ccc(CC(C)C)cc2)ccc1C(=O)N[C@@H](CCN)C(=O)N(C)[C@@H]1C(=O)N[C@@H](C)C(=O)N[C@H](C(=O)NCC#N)Cc2ccc(OCCN)c(c2)-c2cc1ccc2OCCN. The molecule has 10 N–H and O–H groups in total. The Morgan fingerprint density at radius 2 is 1.55 bits per heavy atom. The highest BCUT2D eigenvalue weighted by Gasteiger charge is 2.36. The first-order valence-corrected chi connectivity index (χ1v) is 21.7. The number of nitrogens with zero attached hydrogens (tertiary/aromatic N) is 3. The Morgan fingerprint density at radius 1 is 0.892 bits per heavy atom. The number of aryl methyl sites for hydroxylation is 1. The number of nitrogens with one attached hydrogen (secondary N) is 4. The number of hydrogen-bond donors (Lipinski definition) is 7. The number of likely N-dealkylation sites (N-methyl/N-ethyl adjacent to an activating group) is 1. The number of carbonyl (C=O) groups is 5. The van der Waals surface area contributed by atoms with Gasteiger partial charge in [-0.25, -0.2) is 0 Å². The lowest BCUT2D eigenvalue weighted by Crippen LogP contribution is -2.56.